The lowest BCUT2D eigenvalue weighted by Gasteiger charge is -2.12. The molecule has 0 aliphatic carbocycles. The highest BCUT2D eigenvalue weighted by Gasteiger charge is 2.17. The Morgan fingerprint density at radius 2 is 1.56 bits per heavy atom. The summed E-state index contributed by atoms with van der Waals surface area (Å²) < 4.78 is 16.0. The standard InChI is InChI=1S/C18H19FN4O4/c1-4-8-21-16(25)22(9-5-2)18(27)23(17(21)26)11-15(24)20-14-7-6-12(3)10-13(14)19/h4-7,10H,1-2,8-9,11H2,3H3,(H,20,24). The van der Waals surface area contributed by atoms with E-state index in [4.69, 9.17) is 0 Å². The number of nitrogens with zero attached hydrogens (tertiary/aromatic N) is 3. The van der Waals surface area contributed by atoms with Crippen LogP contribution in [0.1, 0.15) is 5.56 Å². The van der Waals surface area contributed by atoms with Gasteiger partial charge in [-0.25, -0.2) is 32.5 Å². The van der Waals surface area contributed by atoms with Crippen LogP contribution < -0.4 is 22.4 Å². The van der Waals surface area contributed by atoms with Crippen molar-refractivity contribution in [3.05, 3.63) is 86.3 Å². The summed E-state index contributed by atoms with van der Waals surface area (Å²) in [6.45, 7) is 7.67. The molecule has 0 saturated carbocycles. The summed E-state index contributed by atoms with van der Waals surface area (Å²) in [5, 5.41) is 2.31. The van der Waals surface area contributed by atoms with E-state index in [-0.39, 0.29) is 18.8 Å². The van der Waals surface area contributed by atoms with Crippen molar-refractivity contribution in [2.45, 2.75) is 26.6 Å². The van der Waals surface area contributed by atoms with E-state index >= 15 is 0 Å². The molecular weight excluding hydrogens is 355 g/mol. The molecular formula is C18H19FN4O4. The van der Waals surface area contributed by atoms with Crippen LogP contribution in [0.3, 0.4) is 0 Å². The van der Waals surface area contributed by atoms with Gasteiger partial charge in [0.1, 0.15) is 12.4 Å². The number of hydrogen-bond acceptors (Lipinski definition) is 4. The summed E-state index contributed by atoms with van der Waals surface area (Å²) in [4.78, 5) is 49.4. The highest BCUT2D eigenvalue weighted by Crippen LogP contribution is 2.14. The second kappa shape index (κ2) is 8.26. The molecule has 8 nitrogen and oxygen atoms in total. The fourth-order valence-electron chi connectivity index (χ4n) is 2.44. The Morgan fingerprint density at radius 3 is 2.04 bits per heavy atom. The molecule has 1 heterocycles. The van der Waals surface area contributed by atoms with Gasteiger partial charge in [0.05, 0.1) is 18.8 Å². The molecule has 2 rings (SSSR count). The number of benzene rings is 1. The Labute approximate surface area is 153 Å². The van der Waals surface area contributed by atoms with E-state index in [2.05, 4.69) is 18.5 Å². The number of anilines is 1. The Kier molecular flexibility index (Phi) is 6.07. The highest BCUT2D eigenvalue weighted by molar-refractivity contribution is 5.90. The van der Waals surface area contributed by atoms with Crippen molar-refractivity contribution in [1.29, 1.82) is 0 Å². The molecule has 2 aromatic rings. The van der Waals surface area contributed by atoms with Gasteiger partial charge in [0.25, 0.3) is 0 Å². The first-order valence-electron chi connectivity index (χ1n) is 8.02. The molecule has 0 radical (unpaired) electrons. The van der Waals surface area contributed by atoms with Crippen molar-refractivity contribution in [3.8, 4) is 0 Å². The van der Waals surface area contributed by atoms with E-state index < -0.39 is 35.3 Å². The quantitative estimate of drug-likeness (QED) is 0.719. The summed E-state index contributed by atoms with van der Waals surface area (Å²) in [5.41, 5.74) is -2.14. The molecule has 1 amide bonds. The zero-order valence-electron chi connectivity index (χ0n) is 14.8. The van der Waals surface area contributed by atoms with Gasteiger partial charge in [-0.3, -0.25) is 4.79 Å². The molecule has 1 aromatic heterocycles. The zero-order valence-corrected chi connectivity index (χ0v) is 14.8. The lowest BCUT2D eigenvalue weighted by molar-refractivity contribution is -0.116. The van der Waals surface area contributed by atoms with Crippen molar-refractivity contribution in [2.75, 3.05) is 5.32 Å². The Morgan fingerprint density at radius 1 is 1.04 bits per heavy atom. The van der Waals surface area contributed by atoms with Crippen molar-refractivity contribution >= 4 is 11.6 Å². The van der Waals surface area contributed by atoms with E-state index in [0.717, 1.165) is 9.13 Å². The first-order chi connectivity index (χ1) is 12.8. The van der Waals surface area contributed by atoms with Gasteiger partial charge in [-0.2, -0.15) is 0 Å². The Balaban J connectivity index is 2.45. The van der Waals surface area contributed by atoms with Gasteiger partial charge >= 0.3 is 17.1 Å². The molecule has 0 atom stereocenters. The zero-order chi connectivity index (χ0) is 20.1. The summed E-state index contributed by atoms with van der Waals surface area (Å²) in [6.07, 6.45) is 2.63. The fourth-order valence-corrected chi connectivity index (χ4v) is 2.44. The molecule has 9 heteroatoms. The smallest absolute Gasteiger partial charge is 0.322 e. The normalized spacial score (nSPS) is 10.4. The second-order valence-electron chi connectivity index (χ2n) is 5.76. The molecule has 0 unspecified atom stereocenters. The van der Waals surface area contributed by atoms with Crippen molar-refractivity contribution < 1.29 is 9.18 Å². The van der Waals surface area contributed by atoms with Gasteiger partial charge in [-0.15, -0.1) is 13.2 Å². The number of hydrogen-bond donors (Lipinski definition) is 1. The first-order valence-corrected chi connectivity index (χ1v) is 8.02. The van der Waals surface area contributed by atoms with Gasteiger partial charge in [-0.05, 0) is 24.6 Å². The van der Waals surface area contributed by atoms with Gasteiger partial charge in [0.2, 0.25) is 5.91 Å². The number of amides is 1. The van der Waals surface area contributed by atoms with Crippen LogP contribution in [0.25, 0.3) is 0 Å². The number of halogens is 1. The van der Waals surface area contributed by atoms with E-state index in [9.17, 15) is 23.6 Å². The van der Waals surface area contributed by atoms with Crippen LogP contribution in [-0.4, -0.2) is 19.6 Å². The number of nitrogens with one attached hydrogen (secondary N) is 1. The minimum absolute atomic E-state index is 0.0792. The third-order valence-corrected chi connectivity index (χ3v) is 3.71. The third-order valence-electron chi connectivity index (χ3n) is 3.71. The maximum Gasteiger partial charge on any atom is 0.337 e. The lowest BCUT2D eigenvalue weighted by Crippen LogP contribution is -2.55. The monoisotopic (exact) mass is 374 g/mol. The lowest BCUT2D eigenvalue weighted by atomic mass is 10.2. The van der Waals surface area contributed by atoms with Crippen molar-refractivity contribution in [2.24, 2.45) is 0 Å². The third kappa shape index (κ3) is 4.20. The van der Waals surface area contributed by atoms with Crippen LogP contribution in [0, 0.1) is 12.7 Å². The minimum Gasteiger partial charge on any atom is -0.322 e. The molecule has 27 heavy (non-hydrogen) atoms. The molecule has 0 fully saturated rings. The van der Waals surface area contributed by atoms with Crippen LogP contribution in [0.2, 0.25) is 0 Å². The van der Waals surface area contributed by atoms with Gasteiger partial charge in [0, 0.05) is 0 Å². The van der Waals surface area contributed by atoms with Crippen LogP contribution in [0.15, 0.2) is 57.9 Å². The molecule has 0 aliphatic rings. The second-order valence-corrected chi connectivity index (χ2v) is 5.76. The van der Waals surface area contributed by atoms with Gasteiger partial charge in [-0.1, -0.05) is 18.2 Å². The van der Waals surface area contributed by atoms with Crippen LogP contribution in [0.5, 0.6) is 0 Å². The number of aromatic nitrogens is 3. The number of aryl methyl sites for hydroxylation is 1. The number of carbonyl (C=O) groups is 1. The van der Waals surface area contributed by atoms with E-state index in [0.29, 0.717) is 10.1 Å². The number of rotatable bonds is 7. The number of carbonyl (C=O) groups excluding carboxylic acids is 1. The maximum atomic E-state index is 13.9. The summed E-state index contributed by atoms with van der Waals surface area (Å²) in [7, 11) is 0. The average molecular weight is 374 g/mol. The van der Waals surface area contributed by atoms with Crippen LogP contribution in [-0.2, 0) is 24.4 Å². The number of allylic oxidation sites excluding steroid dienone is 2. The van der Waals surface area contributed by atoms with Crippen LogP contribution >= 0.6 is 0 Å². The minimum atomic E-state index is -0.954. The maximum absolute atomic E-state index is 13.9. The highest BCUT2D eigenvalue weighted by atomic mass is 19.1. The predicted octanol–water partition coefficient (Wildman–Crippen LogP) is 0.630. The Hall–Kier alpha value is -3.49. The fraction of sp³-hybridized carbons (Fsp3) is 0.222. The average Bonchev–Trinajstić information content (AvgIpc) is 2.62. The largest absolute Gasteiger partial charge is 0.337 e. The summed E-state index contributed by atoms with van der Waals surface area (Å²) in [6, 6.07) is 4.22. The molecule has 0 saturated heterocycles. The first kappa shape index (κ1) is 19.8. The van der Waals surface area contributed by atoms with E-state index in [1.165, 1.54) is 24.3 Å². The Bertz CT molecular complexity index is 1030. The summed E-state index contributed by atoms with van der Waals surface area (Å²) in [5.74, 6) is -1.43. The van der Waals surface area contributed by atoms with Crippen LogP contribution in [0.4, 0.5) is 10.1 Å². The summed E-state index contributed by atoms with van der Waals surface area (Å²) >= 11 is 0. The molecule has 142 valence electrons. The molecule has 0 aliphatic heterocycles. The molecule has 1 N–H and O–H groups in total. The predicted molar refractivity (Wildman–Crippen MR) is 99.4 cm³/mol. The van der Waals surface area contributed by atoms with Crippen molar-refractivity contribution in [1.82, 2.24) is 13.7 Å². The van der Waals surface area contributed by atoms with Crippen molar-refractivity contribution in [3.63, 3.8) is 0 Å². The SMILES string of the molecule is C=CCn1c(=O)n(CC=C)c(=O)n(CC(=O)Nc2ccc(C)cc2F)c1=O. The van der Waals surface area contributed by atoms with E-state index in [1.807, 2.05) is 0 Å². The molecule has 0 spiro atoms. The van der Waals surface area contributed by atoms with Gasteiger partial charge in [0.15, 0.2) is 0 Å². The molecule has 0 bridgehead atoms. The topological polar surface area (TPSA) is 95.1 Å². The van der Waals surface area contributed by atoms with Gasteiger partial charge < -0.3 is 5.32 Å². The van der Waals surface area contributed by atoms with E-state index in [1.54, 1.807) is 13.0 Å². The molecule has 1 aromatic carbocycles.